The summed E-state index contributed by atoms with van der Waals surface area (Å²) in [5.74, 6) is -4.25. The summed E-state index contributed by atoms with van der Waals surface area (Å²) in [6, 6.07) is 0. The minimum Gasteiger partial charge on any atom is -0.477 e. The summed E-state index contributed by atoms with van der Waals surface area (Å²) >= 11 is 0. The lowest BCUT2D eigenvalue weighted by molar-refractivity contribution is -0.147. The third-order valence-electron chi connectivity index (χ3n) is 1.46. The SMILES string of the molecule is CC1(C2(C(=O)O)OO2)OO1. The standard InChI is InChI=1S/C4H4O6/c1-3(7-8-3)4(2(5)6)9-10-4/h1H3,(H,5,6). The van der Waals surface area contributed by atoms with E-state index in [0.29, 0.717) is 0 Å². The number of carboxylic acid groups (broad SMARTS) is 1. The van der Waals surface area contributed by atoms with Crippen LogP contribution >= 0.6 is 0 Å². The van der Waals surface area contributed by atoms with Crippen LogP contribution < -0.4 is 0 Å². The molecule has 0 saturated carbocycles. The van der Waals surface area contributed by atoms with Crippen LogP contribution in [-0.4, -0.2) is 22.7 Å². The summed E-state index contributed by atoms with van der Waals surface area (Å²) in [6.45, 7) is 1.41. The molecule has 0 unspecified atom stereocenters. The second-order valence-electron chi connectivity index (χ2n) is 2.20. The Bertz CT molecular complexity index is 190. The van der Waals surface area contributed by atoms with Gasteiger partial charge in [0.05, 0.1) is 0 Å². The van der Waals surface area contributed by atoms with Crippen LogP contribution in [0, 0.1) is 0 Å². The van der Waals surface area contributed by atoms with Crippen LogP contribution in [0.4, 0.5) is 0 Å². The summed E-state index contributed by atoms with van der Waals surface area (Å²) in [5, 5.41) is 8.47. The highest BCUT2D eigenvalue weighted by molar-refractivity contribution is 5.78. The monoisotopic (exact) mass is 148 g/mol. The van der Waals surface area contributed by atoms with Gasteiger partial charge < -0.3 is 5.11 Å². The predicted molar refractivity (Wildman–Crippen MR) is 23.1 cm³/mol. The fourth-order valence-corrected chi connectivity index (χ4v) is 0.631. The molecule has 2 fully saturated rings. The van der Waals surface area contributed by atoms with E-state index in [1.54, 1.807) is 0 Å². The topological polar surface area (TPSA) is 87.4 Å². The molecule has 0 aromatic heterocycles. The van der Waals surface area contributed by atoms with Gasteiger partial charge in [-0.05, 0) is 0 Å². The molecule has 0 aromatic rings. The molecule has 6 nitrogen and oxygen atoms in total. The Morgan fingerprint density at radius 1 is 1.30 bits per heavy atom. The summed E-state index contributed by atoms with van der Waals surface area (Å²) in [7, 11) is 0. The van der Waals surface area contributed by atoms with E-state index in [1.807, 2.05) is 0 Å². The van der Waals surface area contributed by atoms with Gasteiger partial charge in [-0.25, -0.2) is 4.79 Å². The Morgan fingerprint density at radius 2 is 1.80 bits per heavy atom. The lowest BCUT2D eigenvalue weighted by Crippen LogP contribution is -2.38. The minimum atomic E-state index is -1.73. The van der Waals surface area contributed by atoms with Gasteiger partial charge in [0, 0.05) is 6.92 Å². The first-order valence-electron chi connectivity index (χ1n) is 2.58. The van der Waals surface area contributed by atoms with Crippen molar-refractivity contribution in [3.05, 3.63) is 0 Å². The largest absolute Gasteiger partial charge is 0.477 e. The van der Waals surface area contributed by atoms with Crippen molar-refractivity contribution >= 4 is 5.97 Å². The van der Waals surface area contributed by atoms with Gasteiger partial charge in [-0.3, -0.25) is 0 Å². The molecule has 2 rings (SSSR count). The fraction of sp³-hybridized carbons (Fsp3) is 0.750. The van der Waals surface area contributed by atoms with E-state index >= 15 is 0 Å². The highest BCUT2D eigenvalue weighted by atomic mass is 17.5. The first-order valence-corrected chi connectivity index (χ1v) is 2.58. The number of hydrogen-bond donors (Lipinski definition) is 1. The van der Waals surface area contributed by atoms with E-state index in [9.17, 15) is 4.79 Å². The third-order valence-corrected chi connectivity index (χ3v) is 1.46. The van der Waals surface area contributed by atoms with Gasteiger partial charge in [0.2, 0.25) is 0 Å². The van der Waals surface area contributed by atoms with Crippen molar-refractivity contribution < 1.29 is 29.5 Å². The molecule has 2 heterocycles. The van der Waals surface area contributed by atoms with Crippen LogP contribution in [0.25, 0.3) is 0 Å². The quantitative estimate of drug-likeness (QED) is 0.415. The van der Waals surface area contributed by atoms with Gasteiger partial charge in [-0.2, -0.15) is 19.6 Å². The van der Waals surface area contributed by atoms with E-state index in [-0.39, 0.29) is 0 Å². The van der Waals surface area contributed by atoms with Gasteiger partial charge in [-0.1, -0.05) is 0 Å². The molecule has 0 aliphatic carbocycles. The van der Waals surface area contributed by atoms with Crippen LogP contribution in [0.2, 0.25) is 0 Å². The van der Waals surface area contributed by atoms with Crippen molar-refractivity contribution in [2.75, 3.05) is 0 Å². The fourth-order valence-electron chi connectivity index (χ4n) is 0.631. The number of carboxylic acids is 1. The molecule has 0 atom stereocenters. The summed E-state index contributed by atoms with van der Waals surface area (Å²) < 4.78 is 0. The molecule has 0 aromatic carbocycles. The first-order chi connectivity index (χ1) is 4.61. The van der Waals surface area contributed by atoms with Crippen molar-refractivity contribution in [1.29, 1.82) is 0 Å². The molecule has 2 saturated heterocycles. The second-order valence-corrected chi connectivity index (χ2v) is 2.20. The number of carbonyl (C=O) groups is 1. The van der Waals surface area contributed by atoms with Crippen LogP contribution in [0.5, 0.6) is 0 Å². The smallest absolute Gasteiger partial charge is 0.386 e. The zero-order chi connectivity index (χ0) is 7.41. The number of aliphatic carboxylic acids is 1. The van der Waals surface area contributed by atoms with Crippen molar-refractivity contribution in [2.24, 2.45) is 0 Å². The van der Waals surface area contributed by atoms with Crippen molar-refractivity contribution in [2.45, 2.75) is 18.5 Å². The summed E-state index contributed by atoms with van der Waals surface area (Å²) in [4.78, 5) is 27.5. The van der Waals surface area contributed by atoms with Crippen LogP contribution in [0.1, 0.15) is 6.92 Å². The maximum Gasteiger partial charge on any atom is 0.386 e. The maximum absolute atomic E-state index is 10.4. The molecule has 0 bridgehead atoms. The zero-order valence-corrected chi connectivity index (χ0v) is 4.99. The molecule has 10 heavy (non-hydrogen) atoms. The lowest BCUT2D eigenvalue weighted by atomic mass is 10.1. The van der Waals surface area contributed by atoms with E-state index in [2.05, 4.69) is 19.6 Å². The van der Waals surface area contributed by atoms with Crippen molar-refractivity contribution in [3.8, 4) is 0 Å². The Hall–Kier alpha value is -0.690. The number of hydrogen-bond acceptors (Lipinski definition) is 5. The summed E-state index contributed by atoms with van der Waals surface area (Å²) in [6.07, 6.45) is 0. The van der Waals surface area contributed by atoms with Gasteiger partial charge in [0.15, 0.2) is 0 Å². The van der Waals surface area contributed by atoms with Gasteiger partial charge >= 0.3 is 17.5 Å². The van der Waals surface area contributed by atoms with Crippen LogP contribution in [0.15, 0.2) is 0 Å². The molecule has 0 radical (unpaired) electrons. The van der Waals surface area contributed by atoms with E-state index in [4.69, 9.17) is 5.11 Å². The van der Waals surface area contributed by atoms with Crippen molar-refractivity contribution in [1.82, 2.24) is 0 Å². The predicted octanol–water partition coefficient (Wildman–Crippen LogP) is -0.593. The van der Waals surface area contributed by atoms with Gasteiger partial charge in [0.25, 0.3) is 0 Å². The molecule has 0 amide bonds. The molecular formula is C4H4O6. The second kappa shape index (κ2) is 1.32. The molecule has 1 N–H and O–H groups in total. The Balaban J connectivity index is 2.22. The Kier molecular flexibility index (Phi) is 0.801. The molecular weight excluding hydrogens is 144 g/mol. The molecule has 2 aliphatic rings. The summed E-state index contributed by atoms with van der Waals surface area (Å²) in [5.41, 5.74) is 0. The molecule has 6 heteroatoms. The normalized spacial score (nSPS) is 31.3. The highest BCUT2D eigenvalue weighted by Gasteiger charge is 2.80. The minimum absolute atomic E-state index is 1.26. The van der Waals surface area contributed by atoms with E-state index < -0.39 is 17.5 Å². The average molecular weight is 148 g/mol. The van der Waals surface area contributed by atoms with Crippen LogP contribution in [-0.2, 0) is 24.3 Å². The first kappa shape index (κ1) is 6.05. The molecule has 56 valence electrons. The molecule has 2 aliphatic heterocycles. The van der Waals surface area contributed by atoms with Gasteiger partial charge in [-0.15, -0.1) is 0 Å². The molecule has 0 spiro atoms. The van der Waals surface area contributed by atoms with E-state index in [1.165, 1.54) is 6.92 Å². The van der Waals surface area contributed by atoms with Crippen molar-refractivity contribution in [3.63, 3.8) is 0 Å². The van der Waals surface area contributed by atoms with E-state index in [0.717, 1.165) is 0 Å². The Morgan fingerprint density at radius 3 is 1.90 bits per heavy atom. The zero-order valence-electron chi connectivity index (χ0n) is 4.99. The lowest BCUT2D eigenvalue weighted by Gasteiger charge is -1.98. The highest BCUT2D eigenvalue weighted by Crippen LogP contribution is 2.51. The Labute approximate surface area is 55.1 Å². The number of rotatable bonds is 2. The van der Waals surface area contributed by atoms with Gasteiger partial charge in [0.1, 0.15) is 0 Å². The van der Waals surface area contributed by atoms with Crippen LogP contribution in [0.3, 0.4) is 0 Å². The maximum atomic E-state index is 10.4. The average Bonchev–Trinajstić information content (AvgIpc) is 2.55. The third kappa shape index (κ3) is 0.492.